The maximum absolute atomic E-state index is 12.7. The third-order valence-electron chi connectivity index (χ3n) is 5.22. The molecule has 0 saturated heterocycles. The summed E-state index contributed by atoms with van der Waals surface area (Å²) in [5, 5.41) is 8.55. The summed E-state index contributed by atoms with van der Waals surface area (Å²) in [6.45, 7) is 1.46. The predicted molar refractivity (Wildman–Crippen MR) is 119 cm³/mol. The fourth-order valence-electron chi connectivity index (χ4n) is 3.73. The van der Waals surface area contributed by atoms with Gasteiger partial charge in [-0.1, -0.05) is 42.5 Å². The van der Waals surface area contributed by atoms with E-state index in [9.17, 15) is 14.4 Å². The van der Waals surface area contributed by atoms with Crippen molar-refractivity contribution in [2.75, 3.05) is 27.2 Å². The Hall–Kier alpha value is -3.71. The van der Waals surface area contributed by atoms with Gasteiger partial charge in [0.25, 0.3) is 17.7 Å². The summed E-state index contributed by atoms with van der Waals surface area (Å²) in [5.74, 6) is -0.853. The Morgan fingerprint density at radius 3 is 2.13 bits per heavy atom. The van der Waals surface area contributed by atoms with Gasteiger partial charge in [-0.25, -0.2) is 0 Å². The van der Waals surface area contributed by atoms with Crippen LogP contribution < -0.4 is 16.0 Å². The maximum Gasteiger partial charge on any atom is 0.258 e. The molecule has 2 aliphatic heterocycles. The zero-order chi connectivity index (χ0) is 22.0. The Bertz CT molecular complexity index is 1120. The fraction of sp³-hybridized carbons (Fsp3) is 0.208. The molecule has 158 valence electrons. The highest BCUT2D eigenvalue weighted by molar-refractivity contribution is 6.30. The molecular formula is C24H24N4O3. The van der Waals surface area contributed by atoms with Crippen LogP contribution in [0.2, 0.25) is 0 Å². The van der Waals surface area contributed by atoms with Crippen molar-refractivity contribution < 1.29 is 14.4 Å². The van der Waals surface area contributed by atoms with E-state index in [0.717, 1.165) is 18.5 Å². The summed E-state index contributed by atoms with van der Waals surface area (Å²) in [5.41, 5.74) is 3.43. The van der Waals surface area contributed by atoms with E-state index in [1.54, 1.807) is 24.3 Å². The molecule has 2 heterocycles. The van der Waals surface area contributed by atoms with Crippen LogP contribution in [0.3, 0.4) is 0 Å². The number of nitrogens with zero attached hydrogens (tertiary/aromatic N) is 1. The summed E-state index contributed by atoms with van der Waals surface area (Å²) in [4.78, 5) is 40.1. The number of fused-ring (bicyclic) bond motifs is 1. The number of hydrogen-bond donors (Lipinski definition) is 3. The van der Waals surface area contributed by atoms with Gasteiger partial charge >= 0.3 is 0 Å². The van der Waals surface area contributed by atoms with E-state index in [2.05, 4.69) is 20.9 Å². The zero-order valence-electron chi connectivity index (χ0n) is 17.5. The molecule has 0 atom stereocenters. The third-order valence-corrected chi connectivity index (χ3v) is 5.22. The van der Waals surface area contributed by atoms with E-state index in [0.29, 0.717) is 40.2 Å². The van der Waals surface area contributed by atoms with Gasteiger partial charge in [0.05, 0.1) is 22.5 Å². The molecule has 0 radical (unpaired) electrons. The van der Waals surface area contributed by atoms with E-state index in [4.69, 9.17) is 0 Å². The van der Waals surface area contributed by atoms with Gasteiger partial charge in [0.2, 0.25) is 0 Å². The molecule has 3 amide bonds. The van der Waals surface area contributed by atoms with Crippen molar-refractivity contribution in [1.82, 2.24) is 20.9 Å². The molecule has 0 unspecified atom stereocenters. The van der Waals surface area contributed by atoms with E-state index in [-0.39, 0.29) is 17.7 Å². The number of carbonyl (C=O) groups is 3. The molecule has 7 nitrogen and oxygen atoms in total. The van der Waals surface area contributed by atoms with Crippen molar-refractivity contribution in [3.05, 3.63) is 82.4 Å². The van der Waals surface area contributed by atoms with Crippen molar-refractivity contribution >= 4 is 29.1 Å². The van der Waals surface area contributed by atoms with Gasteiger partial charge < -0.3 is 20.9 Å². The third kappa shape index (κ3) is 4.13. The SMILES string of the molecule is CN(C)CCCNC(=O)c1cccc(C2=C3C(=O)NC(c4ccccc4)=C3C(=O)N2)c1. The van der Waals surface area contributed by atoms with Crippen LogP contribution in [0.1, 0.15) is 27.9 Å². The number of benzene rings is 2. The van der Waals surface area contributed by atoms with Gasteiger partial charge in [-0.05, 0) is 50.3 Å². The molecule has 0 fully saturated rings. The highest BCUT2D eigenvalue weighted by atomic mass is 16.2. The van der Waals surface area contributed by atoms with Crippen molar-refractivity contribution in [3.8, 4) is 0 Å². The number of hydrogen-bond acceptors (Lipinski definition) is 4. The van der Waals surface area contributed by atoms with Gasteiger partial charge in [-0.3, -0.25) is 14.4 Å². The molecule has 0 bridgehead atoms. The van der Waals surface area contributed by atoms with E-state index in [1.165, 1.54) is 0 Å². The first-order chi connectivity index (χ1) is 15.0. The van der Waals surface area contributed by atoms with Gasteiger partial charge in [0, 0.05) is 12.1 Å². The minimum Gasteiger partial charge on any atom is -0.352 e. The Morgan fingerprint density at radius 2 is 1.48 bits per heavy atom. The maximum atomic E-state index is 12.7. The van der Waals surface area contributed by atoms with E-state index < -0.39 is 0 Å². The summed E-state index contributed by atoms with van der Waals surface area (Å²) >= 11 is 0. The minimum absolute atomic E-state index is 0.188. The first-order valence-corrected chi connectivity index (χ1v) is 10.2. The molecule has 7 heteroatoms. The molecule has 0 saturated carbocycles. The summed E-state index contributed by atoms with van der Waals surface area (Å²) in [6, 6.07) is 16.2. The standard InChI is InChI=1S/C24H24N4O3/c1-28(2)13-7-12-25-22(29)17-11-6-10-16(14-17)21-19-18(23(30)27-21)20(26-24(19)31)15-8-4-3-5-9-15/h3-6,8-11,14H,7,12-13H2,1-2H3,(H,25,29)(H,26,31)(H,27,30). The van der Waals surface area contributed by atoms with Crippen molar-refractivity contribution in [3.63, 3.8) is 0 Å². The topological polar surface area (TPSA) is 90.5 Å². The lowest BCUT2D eigenvalue weighted by molar-refractivity contribution is -0.117. The molecule has 2 aromatic carbocycles. The monoisotopic (exact) mass is 416 g/mol. The summed E-state index contributed by atoms with van der Waals surface area (Å²) in [6.07, 6.45) is 0.848. The molecule has 2 aromatic rings. The second kappa shape index (κ2) is 8.57. The molecular weight excluding hydrogens is 392 g/mol. The van der Waals surface area contributed by atoms with E-state index in [1.807, 2.05) is 44.4 Å². The smallest absolute Gasteiger partial charge is 0.258 e. The molecule has 3 N–H and O–H groups in total. The second-order valence-electron chi connectivity index (χ2n) is 7.77. The Balaban J connectivity index is 1.62. The van der Waals surface area contributed by atoms with Crippen LogP contribution in [-0.4, -0.2) is 49.8 Å². The first-order valence-electron chi connectivity index (χ1n) is 10.2. The lowest BCUT2D eigenvalue weighted by Crippen LogP contribution is -2.27. The number of carbonyl (C=O) groups excluding carboxylic acids is 3. The average molecular weight is 416 g/mol. The number of rotatable bonds is 7. The predicted octanol–water partition coefficient (Wildman–Crippen LogP) is 1.75. The molecule has 2 aliphatic rings. The molecule has 0 spiro atoms. The minimum atomic E-state index is -0.333. The van der Waals surface area contributed by atoms with Crippen LogP contribution >= 0.6 is 0 Å². The number of amides is 3. The van der Waals surface area contributed by atoms with E-state index >= 15 is 0 Å². The van der Waals surface area contributed by atoms with Crippen molar-refractivity contribution in [2.45, 2.75) is 6.42 Å². The molecule has 31 heavy (non-hydrogen) atoms. The summed E-state index contributed by atoms with van der Waals surface area (Å²) < 4.78 is 0. The van der Waals surface area contributed by atoms with Gasteiger partial charge in [0.15, 0.2) is 0 Å². The molecule has 4 rings (SSSR count). The molecule has 0 aliphatic carbocycles. The van der Waals surface area contributed by atoms with Crippen LogP contribution in [0, 0.1) is 0 Å². The highest BCUT2D eigenvalue weighted by Gasteiger charge is 2.40. The van der Waals surface area contributed by atoms with Gasteiger partial charge in [-0.2, -0.15) is 0 Å². The van der Waals surface area contributed by atoms with Gasteiger partial charge in [-0.15, -0.1) is 0 Å². The highest BCUT2D eigenvalue weighted by Crippen LogP contribution is 2.37. The van der Waals surface area contributed by atoms with Crippen LogP contribution in [-0.2, 0) is 9.59 Å². The first kappa shape index (κ1) is 20.6. The Morgan fingerprint density at radius 1 is 0.871 bits per heavy atom. The number of nitrogens with one attached hydrogen (secondary N) is 3. The lowest BCUT2D eigenvalue weighted by Gasteiger charge is -2.11. The second-order valence-corrected chi connectivity index (χ2v) is 7.77. The van der Waals surface area contributed by atoms with Crippen molar-refractivity contribution in [2.24, 2.45) is 0 Å². The van der Waals surface area contributed by atoms with Crippen LogP contribution in [0.15, 0.2) is 65.7 Å². The normalized spacial score (nSPS) is 15.3. The largest absolute Gasteiger partial charge is 0.352 e. The average Bonchev–Trinajstić information content (AvgIpc) is 3.30. The summed E-state index contributed by atoms with van der Waals surface area (Å²) in [7, 11) is 3.97. The fourth-order valence-corrected chi connectivity index (χ4v) is 3.73. The van der Waals surface area contributed by atoms with Crippen LogP contribution in [0.25, 0.3) is 11.4 Å². The van der Waals surface area contributed by atoms with Crippen LogP contribution in [0.5, 0.6) is 0 Å². The zero-order valence-corrected chi connectivity index (χ0v) is 17.5. The van der Waals surface area contributed by atoms with Crippen molar-refractivity contribution in [1.29, 1.82) is 0 Å². The Labute approximate surface area is 180 Å². The lowest BCUT2D eigenvalue weighted by atomic mass is 10.0. The molecule has 0 aromatic heterocycles. The quantitative estimate of drug-likeness (QED) is 0.600. The van der Waals surface area contributed by atoms with Gasteiger partial charge in [0.1, 0.15) is 0 Å². The Kier molecular flexibility index (Phi) is 5.68. The van der Waals surface area contributed by atoms with Crippen LogP contribution in [0.4, 0.5) is 0 Å².